The maximum Gasteiger partial charge on any atom is 0.259 e. The summed E-state index contributed by atoms with van der Waals surface area (Å²) in [6.07, 6.45) is 4.94. The molecule has 0 aromatic heterocycles. The predicted octanol–water partition coefficient (Wildman–Crippen LogP) is 0.460. The molecule has 1 aromatic rings. The summed E-state index contributed by atoms with van der Waals surface area (Å²) >= 11 is 0. The second-order valence-electron chi connectivity index (χ2n) is 5.43. The molecule has 2 aliphatic rings. The zero-order valence-corrected chi connectivity index (χ0v) is 14.2. The van der Waals surface area contributed by atoms with E-state index < -0.39 is 15.9 Å². The van der Waals surface area contributed by atoms with Gasteiger partial charge in [-0.15, -0.1) is 4.40 Å². The van der Waals surface area contributed by atoms with E-state index in [0.717, 1.165) is 0 Å². The van der Waals surface area contributed by atoms with Crippen LogP contribution in [-0.4, -0.2) is 50.5 Å². The first-order valence-electron chi connectivity index (χ1n) is 7.71. The van der Waals surface area contributed by atoms with Gasteiger partial charge in [-0.2, -0.15) is 0 Å². The van der Waals surface area contributed by atoms with E-state index in [-0.39, 0.29) is 23.7 Å². The number of benzene rings is 1. The topological polar surface area (TPSA) is 114 Å². The van der Waals surface area contributed by atoms with Gasteiger partial charge in [0.25, 0.3) is 15.9 Å². The molecule has 0 bridgehead atoms. The van der Waals surface area contributed by atoms with Gasteiger partial charge >= 0.3 is 0 Å². The van der Waals surface area contributed by atoms with Crippen molar-refractivity contribution in [2.45, 2.75) is 0 Å². The van der Waals surface area contributed by atoms with Crippen molar-refractivity contribution in [2.75, 3.05) is 30.8 Å². The van der Waals surface area contributed by atoms with Crippen molar-refractivity contribution in [2.24, 2.45) is 10.1 Å². The Bertz CT molecular complexity index is 857. The highest BCUT2D eigenvalue weighted by atomic mass is 32.2. The molecule has 0 atom stereocenters. The molecule has 0 unspecified atom stereocenters. The fraction of sp³-hybridized carbons (Fsp3) is 0.250. The molecule has 2 heterocycles. The molecule has 9 heteroatoms. The Labute approximate surface area is 145 Å². The van der Waals surface area contributed by atoms with Crippen molar-refractivity contribution in [3.05, 3.63) is 48.2 Å². The largest absolute Gasteiger partial charge is 0.492 e. The van der Waals surface area contributed by atoms with E-state index >= 15 is 0 Å². The lowest BCUT2D eigenvalue weighted by Gasteiger charge is -2.28. The summed E-state index contributed by atoms with van der Waals surface area (Å²) in [5.74, 6) is 0.298. The molecule has 2 aliphatic heterocycles. The Kier molecular flexibility index (Phi) is 4.86. The van der Waals surface area contributed by atoms with Gasteiger partial charge in [0.2, 0.25) is 0 Å². The van der Waals surface area contributed by atoms with Crippen molar-refractivity contribution >= 4 is 27.5 Å². The van der Waals surface area contributed by atoms with Crippen LogP contribution in [0.25, 0.3) is 0 Å². The number of ether oxygens (including phenoxy) is 1. The van der Waals surface area contributed by atoms with E-state index in [1.54, 1.807) is 47.5 Å². The number of fused-ring (bicyclic) bond motifs is 1. The van der Waals surface area contributed by atoms with Crippen molar-refractivity contribution in [1.29, 1.82) is 0 Å². The summed E-state index contributed by atoms with van der Waals surface area (Å²) in [6.45, 7) is 1.10. The predicted molar refractivity (Wildman–Crippen MR) is 94.8 cm³/mol. The average molecular weight is 362 g/mol. The van der Waals surface area contributed by atoms with Crippen molar-refractivity contribution < 1.29 is 17.9 Å². The Balaban J connectivity index is 1.75. The molecule has 8 nitrogen and oxygen atoms in total. The monoisotopic (exact) mass is 362 g/mol. The molecule has 0 fully saturated rings. The first kappa shape index (κ1) is 17.2. The van der Waals surface area contributed by atoms with Gasteiger partial charge < -0.3 is 20.7 Å². The van der Waals surface area contributed by atoms with Crippen LogP contribution in [0.1, 0.15) is 0 Å². The lowest BCUT2D eigenvalue weighted by molar-refractivity contribution is -0.112. The van der Waals surface area contributed by atoms with E-state index in [1.165, 1.54) is 0 Å². The minimum absolute atomic E-state index is 0.0694. The van der Waals surface area contributed by atoms with Crippen molar-refractivity contribution in [3.8, 4) is 5.75 Å². The maximum atomic E-state index is 12.5. The quantitative estimate of drug-likeness (QED) is 0.787. The van der Waals surface area contributed by atoms with Crippen LogP contribution in [0.2, 0.25) is 0 Å². The normalized spacial score (nSPS) is 18.0. The van der Waals surface area contributed by atoms with Crippen LogP contribution in [0.15, 0.2) is 52.6 Å². The lowest BCUT2D eigenvalue weighted by atomic mass is 10.1. The fourth-order valence-electron chi connectivity index (χ4n) is 2.40. The molecule has 3 N–H and O–H groups in total. The number of carbonyl (C=O) groups is 1. The molecule has 0 aliphatic carbocycles. The van der Waals surface area contributed by atoms with Crippen LogP contribution in [-0.2, 0) is 14.8 Å². The molecule has 0 saturated carbocycles. The molecule has 0 saturated heterocycles. The highest BCUT2D eigenvalue weighted by Crippen LogP contribution is 2.20. The number of anilines is 1. The number of amides is 1. The first-order chi connectivity index (χ1) is 12.0. The van der Waals surface area contributed by atoms with Gasteiger partial charge in [-0.3, -0.25) is 4.79 Å². The number of allylic oxidation sites excluding steroid dienone is 2. The summed E-state index contributed by atoms with van der Waals surface area (Å²) in [7, 11) is -3.54. The zero-order chi connectivity index (χ0) is 17.9. The van der Waals surface area contributed by atoms with Crippen molar-refractivity contribution in [1.82, 2.24) is 4.90 Å². The maximum absolute atomic E-state index is 12.5. The van der Waals surface area contributed by atoms with Crippen molar-refractivity contribution in [3.63, 3.8) is 0 Å². The molecule has 3 rings (SSSR count). The van der Waals surface area contributed by atoms with Crippen LogP contribution >= 0.6 is 0 Å². The number of carbonyl (C=O) groups excluding carboxylic acids is 1. The number of hydrogen-bond acceptors (Lipinski definition) is 6. The van der Waals surface area contributed by atoms with Crippen LogP contribution in [0.5, 0.6) is 5.75 Å². The summed E-state index contributed by atoms with van der Waals surface area (Å²) < 4.78 is 32.6. The molecule has 1 amide bonds. The number of nitrogens with zero attached hydrogens (tertiary/aromatic N) is 2. The molecule has 0 radical (unpaired) electrons. The molecular weight excluding hydrogens is 344 g/mol. The third-order valence-corrected chi connectivity index (χ3v) is 4.75. The van der Waals surface area contributed by atoms with E-state index in [4.69, 9.17) is 10.5 Å². The number of rotatable bonds is 5. The standard InChI is InChI=1S/C16H18N4O4S/c17-7-10-24-13-5-3-12(4-6-13)18-16(21)14-2-1-8-20-9-11-25(22,23)19-15(14)20/h1-6,8H,7,9-11,17H2,(H,18,21). The van der Waals surface area contributed by atoms with E-state index in [0.29, 0.717) is 24.6 Å². The SMILES string of the molecule is NCCOc1ccc(NC(=O)C2=CC=CN3CCS(=O)(=O)N=C23)cc1. The van der Waals surface area contributed by atoms with Crippen LogP contribution in [0.4, 0.5) is 5.69 Å². The third kappa shape index (κ3) is 4.06. The second-order valence-corrected chi connectivity index (χ2v) is 7.19. The Morgan fingerprint density at radius 1 is 1.32 bits per heavy atom. The number of hydrogen-bond donors (Lipinski definition) is 2. The highest BCUT2D eigenvalue weighted by molar-refractivity contribution is 7.90. The number of nitrogens with two attached hydrogens (primary N) is 1. The van der Waals surface area contributed by atoms with Gasteiger partial charge in [0.1, 0.15) is 12.4 Å². The van der Waals surface area contributed by atoms with Gasteiger partial charge in [0.05, 0.1) is 11.3 Å². The smallest absolute Gasteiger partial charge is 0.259 e. The average Bonchev–Trinajstić information content (AvgIpc) is 2.60. The van der Waals surface area contributed by atoms with Gasteiger partial charge in [-0.05, 0) is 36.4 Å². The van der Waals surface area contributed by atoms with E-state index in [2.05, 4.69) is 9.71 Å². The van der Waals surface area contributed by atoms with Gasteiger partial charge in [0, 0.05) is 25.0 Å². The zero-order valence-electron chi connectivity index (χ0n) is 13.4. The Morgan fingerprint density at radius 3 is 2.80 bits per heavy atom. The lowest BCUT2D eigenvalue weighted by Crippen LogP contribution is -2.40. The number of sulfonamides is 1. The molecule has 25 heavy (non-hydrogen) atoms. The summed E-state index contributed by atoms with van der Waals surface area (Å²) in [5.41, 5.74) is 6.14. The van der Waals surface area contributed by atoms with Crippen LogP contribution < -0.4 is 15.8 Å². The fourth-order valence-corrected chi connectivity index (χ4v) is 3.39. The minimum atomic E-state index is -3.54. The van der Waals surface area contributed by atoms with E-state index in [9.17, 15) is 13.2 Å². The third-order valence-electron chi connectivity index (χ3n) is 3.60. The van der Waals surface area contributed by atoms with Crippen LogP contribution in [0.3, 0.4) is 0 Å². The van der Waals surface area contributed by atoms with E-state index in [1.807, 2.05) is 0 Å². The minimum Gasteiger partial charge on any atom is -0.492 e. The Hall–Kier alpha value is -2.65. The van der Waals surface area contributed by atoms with Gasteiger partial charge in [0.15, 0.2) is 5.84 Å². The number of nitrogens with one attached hydrogen (secondary N) is 1. The highest BCUT2D eigenvalue weighted by Gasteiger charge is 2.29. The Morgan fingerprint density at radius 2 is 2.08 bits per heavy atom. The first-order valence-corrected chi connectivity index (χ1v) is 9.32. The summed E-state index contributed by atoms with van der Waals surface area (Å²) in [4.78, 5) is 14.2. The summed E-state index contributed by atoms with van der Waals surface area (Å²) in [6, 6.07) is 6.82. The number of amidine groups is 1. The summed E-state index contributed by atoms with van der Waals surface area (Å²) in [5, 5.41) is 2.73. The molecule has 1 aromatic carbocycles. The van der Waals surface area contributed by atoms with Gasteiger partial charge in [-0.25, -0.2) is 8.42 Å². The molecular formula is C16H18N4O4S. The molecule has 132 valence electrons. The van der Waals surface area contributed by atoms with Crippen LogP contribution in [0, 0.1) is 0 Å². The molecule has 0 spiro atoms. The van der Waals surface area contributed by atoms with Gasteiger partial charge in [-0.1, -0.05) is 0 Å². The second kappa shape index (κ2) is 7.08.